The summed E-state index contributed by atoms with van der Waals surface area (Å²) in [7, 11) is 0. The minimum Gasteiger partial charge on any atom is -0.481 e. The number of hydrogen-bond donors (Lipinski definition) is 9. The lowest BCUT2D eigenvalue weighted by molar-refractivity contribution is -0.360. The first-order chi connectivity index (χ1) is 21.8. The van der Waals surface area contributed by atoms with Gasteiger partial charge in [-0.25, -0.2) is 0 Å². The molecule has 16 heteroatoms. The number of rotatable bonds is 22. The number of unbranched alkanes of at least 4 members (excludes halogenated alkanes) is 8. The van der Waals surface area contributed by atoms with E-state index in [1.807, 2.05) is 0 Å². The molecule has 0 aromatic heterocycles. The molecule has 0 aromatic carbocycles. The minimum atomic E-state index is -1.79. The van der Waals surface area contributed by atoms with Crippen LogP contribution in [0.25, 0.3) is 0 Å². The highest BCUT2D eigenvalue weighted by atomic mass is 16.7. The molecule has 0 saturated carbocycles. The van der Waals surface area contributed by atoms with Crippen molar-refractivity contribution < 1.29 is 79.2 Å². The van der Waals surface area contributed by atoms with Crippen LogP contribution in [0.15, 0.2) is 0 Å². The summed E-state index contributed by atoms with van der Waals surface area (Å²) >= 11 is 0. The highest BCUT2D eigenvalue weighted by Gasteiger charge is 2.51. The average Bonchev–Trinajstić information content (AvgIpc) is 3.00. The summed E-state index contributed by atoms with van der Waals surface area (Å²) in [5.74, 6) is -1.66. The standard InChI is InChI=1S/C30H54O16/c1-17(32)42-16-21-28(46-30-26(40)24(38)23(37)20(14-31)44-30)25(39)27(41)29(45-21)43-15-19(34)12-10-8-6-4-2-3-5-7-9-11-18(33)13-22(35)36/h18-21,23-31,33-34,37-41H,2-16H2,1H3,(H,35,36)/t18?,19?,20-,21-,23-,24+,25-,26-,27-,28-,29-,30+/m1/s1. The van der Waals surface area contributed by atoms with Gasteiger partial charge in [-0.05, 0) is 12.8 Å². The Labute approximate surface area is 268 Å². The van der Waals surface area contributed by atoms with Crippen molar-refractivity contribution in [3.05, 3.63) is 0 Å². The van der Waals surface area contributed by atoms with Crippen molar-refractivity contribution in [3.8, 4) is 0 Å². The van der Waals surface area contributed by atoms with Gasteiger partial charge in [0.1, 0.15) is 55.4 Å². The molecule has 2 rings (SSSR count). The van der Waals surface area contributed by atoms with Gasteiger partial charge in [0, 0.05) is 6.92 Å². The molecule has 46 heavy (non-hydrogen) atoms. The fraction of sp³-hybridized carbons (Fsp3) is 0.933. The molecule has 2 fully saturated rings. The van der Waals surface area contributed by atoms with E-state index in [1.165, 1.54) is 0 Å². The van der Waals surface area contributed by atoms with E-state index in [9.17, 15) is 50.4 Å². The Hall–Kier alpha value is -1.54. The van der Waals surface area contributed by atoms with E-state index in [0.717, 1.165) is 64.7 Å². The maximum atomic E-state index is 11.5. The van der Waals surface area contributed by atoms with Crippen LogP contribution in [0.2, 0.25) is 0 Å². The maximum Gasteiger partial charge on any atom is 0.305 e. The summed E-state index contributed by atoms with van der Waals surface area (Å²) < 4.78 is 27.2. The van der Waals surface area contributed by atoms with Gasteiger partial charge < -0.3 is 69.6 Å². The summed E-state index contributed by atoms with van der Waals surface area (Å²) in [6, 6.07) is 0. The quantitative estimate of drug-likeness (QED) is 0.0478. The molecule has 9 N–H and O–H groups in total. The van der Waals surface area contributed by atoms with Gasteiger partial charge in [0.25, 0.3) is 0 Å². The zero-order chi connectivity index (χ0) is 34.2. The van der Waals surface area contributed by atoms with Crippen LogP contribution in [0.5, 0.6) is 0 Å². The highest BCUT2D eigenvalue weighted by Crippen LogP contribution is 2.30. The Kier molecular flexibility index (Phi) is 18.9. The maximum absolute atomic E-state index is 11.5. The Bertz CT molecular complexity index is 861. The molecule has 270 valence electrons. The first-order valence-corrected chi connectivity index (χ1v) is 16.2. The molecule has 0 aliphatic carbocycles. The van der Waals surface area contributed by atoms with E-state index < -0.39 is 98.8 Å². The third-order valence-electron chi connectivity index (χ3n) is 8.17. The van der Waals surface area contributed by atoms with Crippen LogP contribution in [0.1, 0.15) is 84.0 Å². The van der Waals surface area contributed by atoms with Gasteiger partial charge in [-0.1, -0.05) is 57.8 Å². The van der Waals surface area contributed by atoms with Gasteiger partial charge in [-0.15, -0.1) is 0 Å². The number of carboxylic acid groups (broad SMARTS) is 1. The zero-order valence-electron chi connectivity index (χ0n) is 26.4. The second kappa shape index (κ2) is 21.4. The number of aliphatic carboxylic acids is 1. The van der Waals surface area contributed by atoms with Crippen molar-refractivity contribution in [2.24, 2.45) is 0 Å². The van der Waals surface area contributed by atoms with Gasteiger partial charge in [-0.2, -0.15) is 0 Å². The summed E-state index contributed by atoms with van der Waals surface area (Å²) in [4.78, 5) is 22.0. The molecule has 0 aromatic rings. The van der Waals surface area contributed by atoms with E-state index in [-0.39, 0.29) is 13.0 Å². The number of carbonyl (C=O) groups excluding carboxylic acids is 1. The molecule has 2 heterocycles. The number of carboxylic acids is 1. The Morgan fingerprint density at radius 2 is 1.22 bits per heavy atom. The summed E-state index contributed by atoms with van der Waals surface area (Å²) in [5, 5.41) is 90.0. The van der Waals surface area contributed by atoms with Crippen LogP contribution in [-0.4, -0.2) is 151 Å². The Morgan fingerprint density at radius 3 is 1.76 bits per heavy atom. The van der Waals surface area contributed by atoms with Gasteiger partial charge in [0.15, 0.2) is 12.6 Å². The average molecular weight is 671 g/mol. The molecule has 2 saturated heterocycles. The molecule has 2 unspecified atom stereocenters. The molecular formula is C30H54O16. The minimum absolute atomic E-state index is 0.214. The molecule has 16 nitrogen and oxygen atoms in total. The SMILES string of the molecule is CC(=O)OC[C@H]1O[C@@H](OCC(O)CCCCCCCCCCCC(O)CC(=O)O)[C@H](O)[C@@H](O)[C@@H]1O[C@@H]1O[C@H](CO)[C@@H](O)[C@H](O)[C@H]1O. The van der Waals surface area contributed by atoms with E-state index in [2.05, 4.69) is 0 Å². The summed E-state index contributed by atoms with van der Waals surface area (Å²) in [6.45, 7) is -0.221. The summed E-state index contributed by atoms with van der Waals surface area (Å²) in [5.41, 5.74) is 0. The largest absolute Gasteiger partial charge is 0.481 e. The second-order valence-electron chi connectivity index (χ2n) is 12.1. The Morgan fingerprint density at radius 1 is 0.696 bits per heavy atom. The van der Waals surface area contributed by atoms with Crippen molar-refractivity contribution in [3.63, 3.8) is 0 Å². The molecule has 2 aliphatic rings. The van der Waals surface area contributed by atoms with Crippen LogP contribution >= 0.6 is 0 Å². The van der Waals surface area contributed by atoms with Gasteiger partial charge in [0.05, 0.1) is 31.8 Å². The lowest BCUT2D eigenvalue weighted by Gasteiger charge is -2.46. The smallest absolute Gasteiger partial charge is 0.305 e. The fourth-order valence-electron chi connectivity index (χ4n) is 5.47. The number of aliphatic hydroxyl groups excluding tert-OH is 8. The third-order valence-corrected chi connectivity index (χ3v) is 8.17. The van der Waals surface area contributed by atoms with E-state index >= 15 is 0 Å². The fourth-order valence-corrected chi connectivity index (χ4v) is 5.47. The molecule has 0 spiro atoms. The highest BCUT2D eigenvalue weighted by molar-refractivity contribution is 5.67. The third kappa shape index (κ3) is 13.9. The first-order valence-electron chi connectivity index (χ1n) is 16.2. The van der Waals surface area contributed by atoms with E-state index in [1.54, 1.807) is 0 Å². The predicted molar refractivity (Wildman–Crippen MR) is 157 cm³/mol. The molecular weight excluding hydrogens is 616 g/mol. The normalized spacial score (nSPS) is 33.0. The second-order valence-corrected chi connectivity index (χ2v) is 12.1. The number of hydrogen-bond acceptors (Lipinski definition) is 15. The lowest BCUT2D eigenvalue weighted by atomic mass is 9.97. The van der Waals surface area contributed by atoms with Crippen molar-refractivity contribution in [2.45, 2.75) is 158 Å². The van der Waals surface area contributed by atoms with E-state index in [4.69, 9.17) is 28.8 Å². The molecule has 2 aliphatic heterocycles. The summed E-state index contributed by atoms with van der Waals surface area (Å²) in [6.07, 6.45) is -7.97. The van der Waals surface area contributed by atoms with E-state index in [0.29, 0.717) is 12.8 Å². The van der Waals surface area contributed by atoms with Crippen molar-refractivity contribution in [1.29, 1.82) is 0 Å². The van der Waals surface area contributed by atoms with Gasteiger partial charge in [0.2, 0.25) is 0 Å². The number of esters is 1. The van der Waals surface area contributed by atoms with Crippen molar-refractivity contribution in [1.82, 2.24) is 0 Å². The molecule has 0 bridgehead atoms. The zero-order valence-corrected chi connectivity index (χ0v) is 26.4. The predicted octanol–water partition coefficient (Wildman–Crippen LogP) is -1.31. The molecule has 12 atom stereocenters. The number of aliphatic hydroxyl groups is 8. The Balaban J connectivity index is 1.72. The van der Waals surface area contributed by atoms with Crippen LogP contribution < -0.4 is 0 Å². The lowest BCUT2D eigenvalue weighted by Crippen LogP contribution is -2.65. The number of ether oxygens (including phenoxy) is 5. The van der Waals surface area contributed by atoms with Crippen LogP contribution in [0.3, 0.4) is 0 Å². The number of carbonyl (C=O) groups is 2. The monoisotopic (exact) mass is 670 g/mol. The topological polar surface area (TPSA) is 262 Å². The van der Waals surface area contributed by atoms with Crippen LogP contribution in [0.4, 0.5) is 0 Å². The molecule has 0 amide bonds. The van der Waals surface area contributed by atoms with Crippen LogP contribution in [-0.2, 0) is 33.3 Å². The van der Waals surface area contributed by atoms with Crippen molar-refractivity contribution >= 4 is 11.9 Å². The van der Waals surface area contributed by atoms with Gasteiger partial charge >= 0.3 is 11.9 Å². The molecule has 0 radical (unpaired) electrons. The van der Waals surface area contributed by atoms with Crippen molar-refractivity contribution in [2.75, 3.05) is 19.8 Å². The van der Waals surface area contributed by atoms with Gasteiger partial charge in [-0.3, -0.25) is 9.59 Å². The van der Waals surface area contributed by atoms with Crippen LogP contribution in [0, 0.1) is 0 Å². The first kappa shape index (κ1) is 40.6.